The van der Waals surface area contributed by atoms with Gasteiger partial charge < -0.3 is 5.32 Å². The van der Waals surface area contributed by atoms with Crippen molar-refractivity contribution in [3.63, 3.8) is 0 Å². The van der Waals surface area contributed by atoms with Crippen LogP contribution < -0.4 is 5.32 Å². The molecular weight excluding hydrogens is 218 g/mol. The van der Waals surface area contributed by atoms with E-state index in [0.29, 0.717) is 5.92 Å². The standard InChI is InChI=1S/C17H19N/c1-2-10-16(11-3-1)18-13-15-9-6-8-14-7-4-5-12-17(14)15/h1-5,7,10-12,15,18H,6,8-9,13H2. The molecule has 0 saturated heterocycles. The third-order valence-corrected chi connectivity index (χ3v) is 3.82. The molecule has 1 N–H and O–H groups in total. The first-order valence-corrected chi connectivity index (χ1v) is 6.80. The zero-order valence-electron chi connectivity index (χ0n) is 10.6. The second-order valence-corrected chi connectivity index (χ2v) is 5.03. The molecule has 0 aromatic heterocycles. The molecule has 0 heterocycles. The van der Waals surface area contributed by atoms with Gasteiger partial charge in [-0.1, -0.05) is 42.5 Å². The summed E-state index contributed by atoms with van der Waals surface area (Å²) in [5.41, 5.74) is 4.32. The largest absolute Gasteiger partial charge is 0.384 e. The number of anilines is 1. The third-order valence-electron chi connectivity index (χ3n) is 3.82. The maximum absolute atomic E-state index is 3.56. The number of rotatable bonds is 3. The Morgan fingerprint density at radius 3 is 2.61 bits per heavy atom. The van der Waals surface area contributed by atoms with Crippen molar-refractivity contribution in [1.82, 2.24) is 0 Å². The Balaban J connectivity index is 1.71. The van der Waals surface area contributed by atoms with E-state index in [1.807, 2.05) is 0 Å². The molecule has 3 rings (SSSR count). The highest BCUT2D eigenvalue weighted by Crippen LogP contribution is 2.31. The third kappa shape index (κ3) is 2.40. The number of para-hydroxylation sites is 1. The monoisotopic (exact) mass is 237 g/mol. The van der Waals surface area contributed by atoms with Gasteiger partial charge in [-0.25, -0.2) is 0 Å². The molecule has 1 atom stereocenters. The fourth-order valence-corrected chi connectivity index (χ4v) is 2.86. The summed E-state index contributed by atoms with van der Waals surface area (Å²) in [6, 6.07) is 19.4. The molecule has 18 heavy (non-hydrogen) atoms. The molecule has 0 amide bonds. The maximum atomic E-state index is 3.56. The SMILES string of the molecule is c1ccc(NCC2CCCc3ccccc32)cc1. The lowest BCUT2D eigenvalue weighted by Gasteiger charge is -2.26. The van der Waals surface area contributed by atoms with E-state index in [9.17, 15) is 0 Å². The van der Waals surface area contributed by atoms with Crippen molar-refractivity contribution in [3.8, 4) is 0 Å². The molecule has 0 fully saturated rings. The fraction of sp³-hybridized carbons (Fsp3) is 0.294. The Morgan fingerprint density at radius 1 is 0.944 bits per heavy atom. The average molecular weight is 237 g/mol. The molecular formula is C17H19N. The van der Waals surface area contributed by atoms with Gasteiger partial charge in [-0.05, 0) is 42.5 Å². The summed E-state index contributed by atoms with van der Waals surface area (Å²) in [5.74, 6) is 0.662. The van der Waals surface area contributed by atoms with Crippen LogP contribution in [0.5, 0.6) is 0 Å². The highest BCUT2D eigenvalue weighted by molar-refractivity contribution is 5.43. The Hall–Kier alpha value is -1.76. The molecule has 1 nitrogen and oxygen atoms in total. The Kier molecular flexibility index (Phi) is 3.31. The van der Waals surface area contributed by atoms with E-state index in [4.69, 9.17) is 0 Å². The molecule has 0 bridgehead atoms. The predicted molar refractivity (Wildman–Crippen MR) is 77.1 cm³/mol. The lowest BCUT2D eigenvalue weighted by atomic mass is 9.83. The normalized spacial score (nSPS) is 18.1. The van der Waals surface area contributed by atoms with Crippen LogP contribution in [-0.4, -0.2) is 6.54 Å². The van der Waals surface area contributed by atoms with Crippen LogP contribution in [0.3, 0.4) is 0 Å². The molecule has 2 aromatic rings. The summed E-state index contributed by atoms with van der Waals surface area (Å²) in [7, 11) is 0. The fourth-order valence-electron chi connectivity index (χ4n) is 2.86. The Bertz CT molecular complexity index is 504. The van der Waals surface area contributed by atoms with Crippen LogP contribution in [0.4, 0.5) is 5.69 Å². The zero-order chi connectivity index (χ0) is 12.2. The van der Waals surface area contributed by atoms with Crippen molar-refractivity contribution < 1.29 is 0 Å². The highest BCUT2D eigenvalue weighted by Gasteiger charge is 2.19. The molecule has 1 heteroatoms. The van der Waals surface area contributed by atoms with E-state index in [1.54, 1.807) is 11.1 Å². The van der Waals surface area contributed by atoms with Crippen LogP contribution in [0.25, 0.3) is 0 Å². The summed E-state index contributed by atoms with van der Waals surface area (Å²) in [4.78, 5) is 0. The number of hydrogen-bond acceptors (Lipinski definition) is 1. The van der Waals surface area contributed by atoms with Crippen LogP contribution >= 0.6 is 0 Å². The van der Waals surface area contributed by atoms with E-state index in [1.165, 1.54) is 24.9 Å². The van der Waals surface area contributed by atoms with E-state index < -0.39 is 0 Å². The first-order valence-electron chi connectivity index (χ1n) is 6.80. The van der Waals surface area contributed by atoms with Gasteiger partial charge >= 0.3 is 0 Å². The lowest BCUT2D eigenvalue weighted by Crippen LogP contribution is -2.17. The van der Waals surface area contributed by atoms with Crippen LogP contribution in [0.2, 0.25) is 0 Å². The average Bonchev–Trinajstić information content (AvgIpc) is 2.46. The van der Waals surface area contributed by atoms with E-state index >= 15 is 0 Å². The van der Waals surface area contributed by atoms with Gasteiger partial charge in [0.25, 0.3) is 0 Å². The van der Waals surface area contributed by atoms with Gasteiger partial charge in [-0.3, -0.25) is 0 Å². The molecule has 1 unspecified atom stereocenters. The number of hydrogen-bond donors (Lipinski definition) is 1. The minimum Gasteiger partial charge on any atom is -0.384 e. The minimum atomic E-state index is 0.662. The van der Waals surface area contributed by atoms with Gasteiger partial charge in [0.15, 0.2) is 0 Å². The van der Waals surface area contributed by atoms with Crippen molar-refractivity contribution >= 4 is 5.69 Å². The first kappa shape index (κ1) is 11.3. The van der Waals surface area contributed by atoms with Crippen LogP contribution in [0.15, 0.2) is 54.6 Å². The van der Waals surface area contributed by atoms with Crippen molar-refractivity contribution in [2.75, 3.05) is 11.9 Å². The molecule has 0 radical (unpaired) electrons. The van der Waals surface area contributed by atoms with Crippen LogP contribution in [0.1, 0.15) is 29.9 Å². The van der Waals surface area contributed by atoms with Gasteiger partial charge in [-0.15, -0.1) is 0 Å². The second-order valence-electron chi connectivity index (χ2n) is 5.03. The van der Waals surface area contributed by atoms with Crippen molar-refractivity contribution in [1.29, 1.82) is 0 Å². The molecule has 92 valence electrons. The Labute approximate surface area is 109 Å². The second kappa shape index (κ2) is 5.26. The minimum absolute atomic E-state index is 0.662. The van der Waals surface area contributed by atoms with Crippen molar-refractivity contribution in [3.05, 3.63) is 65.7 Å². The zero-order valence-corrected chi connectivity index (χ0v) is 10.6. The van der Waals surface area contributed by atoms with Crippen LogP contribution in [-0.2, 0) is 6.42 Å². The molecule has 0 aliphatic heterocycles. The quantitative estimate of drug-likeness (QED) is 0.842. The first-order chi connectivity index (χ1) is 8.93. The topological polar surface area (TPSA) is 12.0 Å². The highest BCUT2D eigenvalue weighted by atomic mass is 14.9. The molecule has 2 aromatic carbocycles. The maximum Gasteiger partial charge on any atom is 0.0340 e. The van der Waals surface area contributed by atoms with Gasteiger partial charge in [0.2, 0.25) is 0 Å². The van der Waals surface area contributed by atoms with Gasteiger partial charge in [0, 0.05) is 18.2 Å². The molecule has 1 aliphatic carbocycles. The number of fused-ring (bicyclic) bond motifs is 1. The smallest absolute Gasteiger partial charge is 0.0340 e. The summed E-state index contributed by atoms with van der Waals surface area (Å²) in [6.07, 6.45) is 3.87. The van der Waals surface area contributed by atoms with E-state index in [0.717, 1.165) is 6.54 Å². The molecule has 0 saturated carbocycles. The van der Waals surface area contributed by atoms with E-state index in [-0.39, 0.29) is 0 Å². The van der Waals surface area contributed by atoms with Gasteiger partial charge in [0.1, 0.15) is 0 Å². The summed E-state index contributed by atoms with van der Waals surface area (Å²) in [6.45, 7) is 1.04. The number of nitrogens with one attached hydrogen (secondary N) is 1. The number of aryl methyl sites for hydroxylation is 1. The lowest BCUT2D eigenvalue weighted by molar-refractivity contribution is 0.572. The Morgan fingerprint density at radius 2 is 1.72 bits per heavy atom. The molecule has 1 aliphatic rings. The van der Waals surface area contributed by atoms with Crippen molar-refractivity contribution in [2.24, 2.45) is 0 Å². The summed E-state index contributed by atoms with van der Waals surface area (Å²) < 4.78 is 0. The van der Waals surface area contributed by atoms with Gasteiger partial charge in [-0.2, -0.15) is 0 Å². The van der Waals surface area contributed by atoms with Crippen molar-refractivity contribution in [2.45, 2.75) is 25.2 Å². The van der Waals surface area contributed by atoms with E-state index in [2.05, 4.69) is 59.9 Å². The van der Waals surface area contributed by atoms with Gasteiger partial charge in [0.05, 0.1) is 0 Å². The predicted octanol–water partition coefficient (Wildman–Crippen LogP) is 4.22. The van der Waals surface area contributed by atoms with Crippen LogP contribution in [0, 0.1) is 0 Å². The summed E-state index contributed by atoms with van der Waals surface area (Å²) in [5, 5.41) is 3.56. The molecule has 0 spiro atoms. The number of benzene rings is 2. The summed E-state index contributed by atoms with van der Waals surface area (Å²) >= 11 is 0.